The van der Waals surface area contributed by atoms with Gasteiger partial charge in [-0.15, -0.1) is 11.3 Å². The van der Waals surface area contributed by atoms with Gasteiger partial charge in [-0.3, -0.25) is 0 Å². The number of nitrogens with zero attached hydrogens (tertiary/aromatic N) is 2. The number of thiazole rings is 1. The molecule has 108 valence electrons. The van der Waals surface area contributed by atoms with Crippen LogP contribution in [0.3, 0.4) is 0 Å². The largest absolute Gasteiger partial charge is 0.377 e. The number of aryl methyl sites for hydroxylation is 1. The van der Waals surface area contributed by atoms with Crippen LogP contribution in [0.4, 0.5) is 5.13 Å². The highest BCUT2D eigenvalue weighted by Gasteiger charge is 2.25. The SMILES string of the molecule is CCNC(C)c1sc(N2CCOCC2CC)nc1C. The van der Waals surface area contributed by atoms with E-state index in [9.17, 15) is 0 Å². The Morgan fingerprint density at radius 1 is 1.53 bits per heavy atom. The number of hydrogen-bond acceptors (Lipinski definition) is 5. The number of morpholine rings is 1. The van der Waals surface area contributed by atoms with E-state index in [4.69, 9.17) is 9.72 Å². The van der Waals surface area contributed by atoms with Gasteiger partial charge < -0.3 is 15.0 Å². The van der Waals surface area contributed by atoms with Gasteiger partial charge in [0.15, 0.2) is 5.13 Å². The van der Waals surface area contributed by atoms with Crippen molar-refractivity contribution in [3.8, 4) is 0 Å². The molecule has 2 atom stereocenters. The van der Waals surface area contributed by atoms with Crippen molar-refractivity contribution in [1.82, 2.24) is 10.3 Å². The van der Waals surface area contributed by atoms with E-state index in [-0.39, 0.29) is 0 Å². The van der Waals surface area contributed by atoms with Crippen LogP contribution in [0.5, 0.6) is 0 Å². The lowest BCUT2D eigenvalue weighted by molar-refractivity contribution is 0.0929. The van der Waals surface area contributed by atoms with Gasteiger partial charge in [-0.25, -0.2) is 4.98 Å². The Labute approximate surface area is 120 Å². The van der Waals surface area contributed by atoms with Crippen LogP contribution in [0.1, 0.15) is 43.8 Å². The number of ether oxygens (including phenoxy) is 1. The molecule has 2 heterocycles. The zero-order chi connectivity index (χ0) is 13.8. The summed E-state index contributed by atoms with van der Waals surface area (Å²) in [6.07, 6.45) is 1.11. The fourth-order valence-corrected chi connectivity index (χ4v) is 3.75. The van der Waals surface area contributed by atoms with Crippen LogP contribution in [0.25, 0.3) is 0 Å². The third kappa shape index (κ3) is 3.27. The lowest BCUT2D eigenvalue weighted by atomic mass is 10.2. The monoisotopic (exact) mass is 283 g/mol. The van der Waals surface area contributed by atoms with Crippen molar-refractivity contribution in [1.29, 1.82) is 0 Å². The van der Waals surface area contributed by atoms with Crippen LogP contribution in [0, 0.1) is 6.92 Å². The molecule has 0 saturated carbocycles. The minimum atomic E-state index is 0.386. The number of nitrogens with one attached hydrogen (secondary N) is 1. The van der Waals surface area contributed by atoms with E-state index in [0.717, 1.165) is 43.5 Å². The number of hydrogen-bond donors (Lipinski definition) is 1. The topological polar surface area (TPSA) is 37.4 Å². The lowest BCUT2D eigenvalue weighted by Gasteiger charge is -2.34. The van der Waals surface area contributed by atoms with Crippen LogP contribution < -0.4 is 10.2 Å². The Bertz CT molecular complexity index is 407. The van der Waals surface area contributed by atoms with Gasteiger partial charge in [-0.05, 0) is 26.8 Å². The zero-order valence-electron chi connectivity index (χ0n) is 12.4. The van der Waals surface area contributed by atoms with Gasteiger partial charge in [0, 0.05) is 17.5 Å². The Hall–Kier alpha value is -0.650. The van der Waals surface area contributed by atoms with Crippen molar-refractivity contribution in [2.45, 2.75) is 46.2 Å². The highest BCUT2D eigenvalue weighted by atomic mass is 32.1. The average Bonchev–Trinajstić information content (AvgIpc) is 2.81. The van der Waals surface area contributed by atoms with Crippen molar-refractivity contribution < 1.29 is 4.74 Å². The van der Waals surface area contributed by atoms with Crippen molar-refractivity contribution in [3.63, 3.8) is 0 Å². The molecule has 1 aromatic heterocycles. The predicted octanol–water partition coefficient (Wildman–Crippen LogP) is 2.74. The molecular weight excluding hydrogens is 258 g/mol. The first-order valence-corrected chi connectivity index (χ1v) is 8.04. The molecule has 1 aliphatic heterocycles. The van der Waals surface area contributed by atoms with E-state index >= 15 is 0 Å². The average molecular weight is 283 g/mol. The molecule has 0 aliphatic carbocycles. The molecule has 1 aromatic rings. The second-order valence-corrected chi connectivity index (χ2v) is 6.06. The summed E-state index contributed by atoms with van der Waals surface area (Å²) in [6.45, 7) is 12.3. The Morgan fingerprint density at radius 2 is 2.32 bits per heavy atom. The summed E-state index contributed by atoms with van der Waals surface area (Å²) >= 11 is 1.83. The molecule has 19 heavy (non-hydrogen) atoms. The summed E-state index contributed by atoms with van der Waals surface area (Å²) in [7, 11) is 0. The van der Waals surface area contributed by atoms with Crippen molar-refractivity contribution in [2.75, 3.05) is 31.2 Å². The maximum atomic E-state index is 5.57. The summed E-state index contributed by atoms with van der Waals surface area (Å²) in [4.78, 5) is 8.56. The third-order valence-corrected chi connectivity index (χ3v) is 5.05. The zero-order valence-corrected chi connectivity index (χ0v) is 13.2. The Morgan fingerprint density at radius 3 is 3.00 bits per heavy atom. The predicted molar refractivity (Wildman–Crippen MR) is 81.2 cm³/mol. The highest BCUT2D eigenvalue weighted by molar-refractivity contribution is 7.15. The number of anilines is 1. The van der Waals surface area contributed by atoms with Gasteiger partial charge in [0.05, 0.1) is 24.9 Å². The van der Waals surface area contributed by atoms with E-state index in [2.05, 4.69) is 37.9 Å². The Kier molecular flexibility index (Phi) is 5.19. The first kappa shape index (κ1) is 14.8. The van der Waals surface area contributed by atoms with E-state index < -0.39 is 0 Å². The van der Waals surface area contributed by atoms with Gasteiger partial charge in [-0.2, -0.15) is 0 Å². The van der Waals surface area contributed by atoms with Gasteiger partial charge in [0.2, 0.25) is 0 Å². The normalized spacial score (nSPS) is 21.7. The van der Waals surface area contributed by atoms with E-state index in [0.29, 0.717) is 12.1 Å². The quantitative estimate of drug-likeness (QED) is 0.901. The molecule has 1 N–H and O–H groups in total. The number of aromatic nitrogens is 1. The standard InChI is InChI=1S/C14H25N3OS/c1-5-12-9-18-8-7-17(12)14-16-11(4)13(19-14)10(3)15-6-2/h10,12,15H,5-9H2,1-4H3. The number of rotatable bonds is 5. The van der Waals surface area contributed by atoms with E-state index in [1.165, 1.54) is 4.88 Å². The fraction of sp³-hybridized carbons (Fsp3) is 0.786. The summed E-state index contributed by atoms with van der Waals surface area (Å²) in [5, 5.41) is 4.63. The Balaban J connectivity index is 2.18. The van der Waals surface area contributed by atoms with Gasteiger partial charge in [0.25, 0.3) is 0 Å². The van der Waals surface area contributed by atoms with E-state index in [1.807, 2.05) is 11.3 Å². The first-order valence-electron chi connectivity index (χ1n) is 7.22. The molecule has 0 radical (unpaired) electrons. The van der Waals surface area contributed by atoms with Crippen LogP contribution >= 0.6 is 11.3 Å². The highest BCUT2D eigenvalue weighted by Crippen LogP contribution is 2.32. The summed E-state index contributed by atoms with van der Waals surface area (Å²) < 4.78 is 5.57. The molecule has 1 aliphatic rings. The van der Waals surface area contributed by atoms with Crippen molar-refractivity contribution >= 4 is 16.5 Å². The van der Waals surface area contributed by atoms with Crippen molar-refractivity contribution in [3.05, 3.63) is 10.6 Å². The smallest absolute Gasteiger partial charge is 0.186 e. The molecule has 1 saturated heterocycles. The molecule has 0 bridgehead atoms. The molecule has 0 spiro atoms. The van der Waals surface area contributed by atoms with Crippen LogP contribution in [-0.4, -0.2) is 37.3 Å². The molecule has 0 aromatic carbocycles. The van der Waals surface area contributed by atoms with Gasteiger partial charge in [0.1, 0.15) is 0 Å². The minimum absolute atomic E-state index is 0.386. The van der Waals surface area contributed by atoms with Crippen LogP contribution in [-0.2, 0) is 4.74 Å². The summed E-state index contributed by atoms with van der Waals surface area (Å²) in [6, 6.07) is 0.860. The van der Waals surface area contributed by atoms with Crippen molar-refractivity contribution in [2.24, 2.45) is 0 Å². The summed E-state index contributed by atoms with van der Waals surface area (Å²) in [5.74, 6) is 0. The molecule has 2 unspecified atom stereocenters. The van der Waals surface area contributed by atoms with Crippen LogP contribution in [0.15, 0.2) is 0 Å². The molecular formula is C14H25N3OS. The lowest BCUT2D eigenvalue weighted by Crippen LogP contribution is -2.45. The van der Waals surface area contributed by atoms with Gasteiger partial charge in [-0.1, -0.05) is 13.8 Å². The molecule has 2 rings (SSSR count). The maximum Gasteiger partial charge on any atom is 0.186 e. The first-order chi connectivity index (χ1) is 9.17. The fourth-order valence-electron chi connectivity index (χ4n) is 2.56. The third-order valence-electron chi connectivity index (χ3n) is 3.67. The molecule has 1 fully saturated rings. The van der Waals surface area contributed by atoms with Gasteiger partial charge >= 0.3 is 0 Å². The molecule has 4 nitrogen and oxygen atoms in total. The second kappa shape index (κ2) is 6.68. The van der Waals surface area contributed by atoms with Crippen LogP contribution in [0.2, 0.25) is 0 Å². The second-order valence-electron chi connectivity index (χ2n) is 5.06. The summed E-state index contributed by atoms with van der Waals surface area (Å²) in [5.41, 5.74) is 1.16. The maximum absolute atomic E-state index is 5.57. The molecule has 5 heteroatoms. The minimum Gasteiger partial charge on any atom is -0.377 e. The van der Waals surface area contributed by atoms with E-state index in [1.54, 1.807) is 0 Å². The molecule has 0 amide bonds.